The molecule has 1 heterocycles. The van der Waals surface area contributed by atoms with Gasteiger partial charge in [-0.3, -0.25) is 14.9 Å². The monoisotopic (exact) mass is 275 g/mol. The Morgan fingerprint density at radius 1 is 1.00 bits per heavy atom. The number of nitrogens with one attached hydrogen (secondary N) is 1. The molecule has 2 amide bonds. The predicted molar refractivity (Wildman–Crippen MR) is 63.4 cm³/mol. The van der Waals surface area contributed by atoms with Crippen molar-refractivity contribution in [3.8, 4) is 0 Å². The zero-order valence-corrected chi connectivity index (χ0v) is 9.67. The van der Waals surface area contributed by atoms with E-state index in [0.29, 0.717) is 15.6 Å². The molecular formula is C12H6BrNO2. The molecule has 1 N–H and O–H groups in total. The van der Waals surface area contributed by atoms with Gasteiger partial charge in [-0.15, -0.1) is 0 Å². The topological polar surface area (TPSA) is 46.2 Å². The molecule has 0 radical (unpaired) electrons. The Morgan fingerprint density at radius 3 is 2.62 bits per heavy atom. The van der Waals surface area contributed by atoms with Gasteiger partial charge in [0, 0.05) is 15.4 Å². The first-order valence-electron chi connectivity index (χ1n) is 4.75. The van der Waals surface area contributed by atoms with E-state index in [1.54, 1.807) is 6.07 Å². The van der Waals surface area contributed by atoms with E-state index in [1.165, 1.54) is 0 Å². The third-order valence-electron chi connectivity index (χ3n) is 2.69. The van der Waals surface area contributed by atoms with E-state index in [0.717, 1.165) is 10.8 Å². The molecule has 0 unspecified atom stereocenters. The molecule has 0 aliphatic carbocycles. The van der Waals surface area contributed by atoms with Crippen LogP contribution in [0.25, 0.3) is 10.8 Å². The Labute approximate surface area is 99.6 Å². The van der Waals surface area contributed by atoms with Gasteiger partial charge >= 0.3 is 0 Å². The van der Waals surface area contributed by atoms with Crippen LogP contribution in [0, 0.1) is 0 Å². The molecule has 4 heteroatoms. The van der Waals surface area contributed by atoms with Crippen molar-refractivity contribution in [3.63, 3.8) is 0 Å². The molecule has 0 spiro atoms. The Morgan fingerprint density at radius 2 is 1.81 bits per heavy atom. The number of hydrogen-bond acceptors (Lipinski definition) is 2. The van der Waals surface area contributed by atoms with Crippen LogP contribution >= 0.6 is 15.9 Å². The first kappa shape index (κ1) is 9.54. The van der Waals surface area contributed by atoms with Gasteiger partial charge in [-0.2, -0.15) is 0 Å². The predicted octanol–water partition coefficient (Wildman–Crippen LogP) is 2.49. The molecule has 16 heavy (non-hydrogen) atoms. The Bertz CT molecular complexity index is 649. The summed E-state index contributed by atoms with van der Waals surface area (Å²) in [5, 5.41) is 3.96. The first-order valence-corrected chi connectivity index (χ1v) is 5.54. The van der Waals surface area contributed by atoms with Crippen molar-refractivity contribution in [1.82, 2.24) is 5.32 Å². The van der Waals surface area contributed by atoms with Crippen molar-refractivity contribution in [3.05, 3.63) is 45.9 Å². The van der Waals surface area contributed by atoms with Crippen molar-refractivity contribution in [1.29, 1.82) is 0 Å². The molecule has 0 saturated carbocycles. The first-order chi connectivity index (χ1) is 7.68. The number of imide groups is 1. The fraction of sp³-hybridized carbons (Fsp3) is 0. The minimum Gasteiger partial charge on any atom is -0.288 e. The average Bonchev–Trinajstić information content (AvgIpc) is 2.26. The van der Waals surface area contributed by atoms with Gasteiger partial charge < -0.3 is 0 Å². The molecule has 0 bridgehead atoms. The van der Waals surface area contributed by atoms with E-state index in [1.807, 2.05) is 24.3 Å². The van der Waals surface area contributed by atoms with Gasteiger partial charge in [0.05, 0.1) is 5.56 Å². The third-order valence-corrected chi connectivity index (χ3v) is 3.35. The highest BCUT2D eigenvalue weighted by Crippen LogP contribution is 2.31. The number of hydrogen-bond donors (Lipinski definition) is 1. The molecular weight excluding hydrogens is 270 g/mol. The van der Waals surface area contributed by atoms with Gasteiger partial charge in [-0.1, -0.05) is 18.2 Å². The molecule has 1 aliphatic rings. The molecule has 0 aromatic heterocycles. The largest absolute Gasteiger partial charge is 0.288 e. The van der Waals surface area contributed by atoms with Gasteiger partial charge in [0.25, 0.3) is 11.8 Å². The number of benzene rings is 2. The fourth-order valence-corrected chi connectivity index (χ4v) is 2.51. The van der Waals surface area contributed by atoms with Crippen LogP contribution in [-0.4, -0.2) is 11.8 Å². The highest BCUT2D eigenvalue weighted by Gasteiger charge is 2.26. The lowest BCUT2D eigenvalue weighted by Crippen LogP contribution is -2.34. The summed E-state index contributed by atoms with van der Waals surface area (Å²) < 4.78 is 0.706. The Balaban J connectivity index is 2.58. The number of amides is 2. The summed E-state index contributed by atoms with van der Waals surface area (Å²) in [6.07, 6.45) is 0. The molecule has 2 aromatic carbocycles. The highest BCUT2D eigenvalue weighted by atomic mass is 79.9. The second-order valence-electron chi connectivity index (χ2n) is 3.61. The number of carbonyl (C=O) groups is 2. The summed E-state index contributed by atoms with van der Waals surface area (Å²) in [6.45, 7) is 0. The SMILES string of the molecule is O=C1NC(=O)c2c(Br)ccc3cccc1c23. The lowest BCUT2D eigenvalue weighted by atomic mass is 9.95. The molecule has 3 nitrogen and oxygen atoms in total. The third kappa shape index (κ3) is 1.13. The van der Waals surface area contributed by atoms with E-state index in [9.17, 15) is 9.59 Å². The van der Waals surface area contributed by atoms with E-state index >= 15 is 0 Å². The minimum absolute atomic E-state index is 0.332. The van der Waals surface area contributed by atoms with E-state index in [-0.39, 0.29) is 11.8 Å². The molecule has 78 valence electrons. The van der Waals surface area contributed by atoms with E-state index in [4.69, 9.17) is 0 Å². The van der Waals surface area contributed by atoms with Crippen LogP contribution in [0.4, 0.5) is 0 Å². The standard InChI is InChI=1S/C12H6BrNO2/c13-8-5-4-6-2-1-3-7-9(6)10(8)12(16)14-11(7)15/h1-5H,(H,14,15,16). The van der Waals surface area contributed by atoms with Crippen LogP contribution in [0.1, 0.15) is 20.7 Å². The number of rotatable bonds is 0. The average molecular weight is 276 g/mol. The van der Waals surface area contributed by atoms with Crippen molar-refractivity contribution in [2.45, 2.75) is 0 Å². The van der Waals surface area contributed by atoms with Crippen molar-refractivity contribution in [2.24, 2.45) is 0 Å². The maximum atomic E-state index is 11.7. The lowest BCUT2D eigenvalue weighted by Gasteiger charge is -2.17. The quantitative estimate of drug-likeness (QED) is 0.751. The van der Waals surface area contributed by atoms with E-state index < -0.39 is 0 Å². The second kappa shape index (κ2) is 3.15. The zero-order valence-electron chi connectivity index (χ0n) is 8.08. The summed E-state index contributed by atoms with van der Waals surface area (Å²) in [4.78, 5) is 23.4. The number of carbonyl (C=O) groups excluding carboxylic acids is 2. The van der Waals surface area contributed by atoms with Gasteiger partial charge in [-0.25, -0.2) is 0 Å². The molecule has 0 fully saturated rings. The van der Waals surface area contributed by atoms with Crippen LogP contribution in [0.5, 0.6) is 0 Å². The summed E-state index contributed by atoms with van der Waals surface area (Å²) in [5.41, 5.74) is 1.08. The summed E-state index contributed by atoms with van der Waals surface area (Å²) in [6, 6.07) is 9.13. The van der Waals surface area contributed by atoms with Crippen LogP contribution in [0.2, 0.25) is 0 Å². The maximum Gasteiger partial charge on any atom is 0.259 e. The maximum absolute atomic E-state index is 11.7. The molecule has 1 aliphatic heterocycles. The molecule has 3 rings (SSSR count). The zero-order chi connectivity index (χ0) is 11.3. The Hall–Kier alpha value is -1.68. The molecule has 0 saturated heterocycles. The fourth-order valence-electron chi connectivity index (χ4n) is 2.00. The van der Waals surface area contributed by atoms with Crippen molar-refractivity contribution in [2.75, 3.05) is 0 Å². The van der Waals surface area contributed by atoms with Crippen LogP contribution in [-0.2, 0) is 0 Å². The Kier molecular flexibility index (Phi) is 1.88. The number of halogens is 1. The van der Waals surface area contributed by atoms with Gasteiger partial charge in [0.15, 0.2) is 0 Å². The highest BCUT2D eigenvalue weighted by molar-refractivity contribution is 9.10. The van der Waals surface area contributed by atoms with Gasteiger partial charge in [0.1, 0.15) is 0 Å². The van der Waals surface area contributed by atoms with Crippen LogP contribution < -0.4 is 5.32 Å². The smallest absolute Gasteiger partial charge is 0.259 e. The molecule has 0 atom stereocenters. The second-order valence-corrected chi connectivity index (χ2v) is 4.46. The normalized spacial score (nSPS) is 14.1. The van der Waals surface area contributed by atoms with E-state index in [2.05, 4.69) is 21.2 Å². The van der Waals surface area contributed by atoms with Crippen molar-refractivity contribution < 1.29 is 9.59 Å². The molecule has 2 aromatic rings. The summed E-state index contributed by atoms with van der Waals surface area (Å²) in [7, 11) is 0. The van der Waals surface area contributed by atoms with Gasteiger partial charge in [-0.05, 0) is 33.4 Å². The summed E-state index contributed by atoms with van der Waals surface area (Å²) >= 11 is 3.33. The van der Waals surface area contributed by atoms with Crippen LogP contribution in [0.15, 0.2) is 34.8 Å². The van der Waals surface area contributed by atoms with Gasteiger partial charge in [0.2, 0.25) is 0 Å². The minimum atomic E-state index is -0.346. The lowest BCUT2D eigenvalue weighted by molar-refractivity contribution is 0.0844. The van der Waals surface area contributed by atoms with Crippen molar-refractivity contribution >= 4 is 38.5 Å². The summed E-state index contributed by atoms with van der Waals surface area (Å²) in [5.74, 6) is -0.678. The van der Waals surface area contributed by atoms with Crippen LogP contribution in [0.3, 0.4) is 0 Å².